The summed E-state index contributed by atoms with van der Waals surface area (Å²) in [5.74, 6) is 0.537. The number of anilines is 3. The highest BCUT2D eigenvalue weighted by molar-refractivity contribution is 6.07. The van der Waals surface area contributed by atoms with Crippen LogP contribution in [0, 0.1) is 0 Å². The number of hydrogen-bond acceptors (Lipinski definition) is 6. The average molecular weight is 581 g/mol. The van der Waals surface area contributed by atoms with Crippen LogP contribution in [0.1, 0.15) is 59.6 Å². The van der Waals surface area contributed by atoms with Gasteiger partial charge in [0.1, 0.15) is 17.2 Å². The Kier molecular flexibility index (Phi) is 7.94. The zero-order valence-corrected chi connectivity index (χ0v) is 25.4. The molecule has 1 aliphatic carbocycles. The highest BCUT2D eigenvalue weighted by atomic mass is 16.3. The van der Waals surface area contributed by atoms with Crippen LogP contribution in [0.5, 0.6) is 0 Å². The third-order valence-corrected chi connectivity index (χ3v) is 8.91. The van der Waals surface area contributed by atoms with Crippen LogP contribution in [0.3, 0.4) is 0 Å². The van der Waals surface area contributed by atoms with E-state index in [1.54, 1.807) is 24.2 Å². The van der Waals surface area contributed by atoms with Crippen molar-refractivity contribution in [2.24, 2.45) is 7.05 Å². The summed E-state index contributed by atoms with van der Waals surface area (Å²) in [5.41, 5.74) is 7.50. The number of aryl methyl sites for hydroxylation is 2. The van der Waals surface area contributed by atoms with Gasteiger partial charge in [-0.1, -0.05) is 18.2 Å². The summed E-state index contributed by atoms with van der Waals surface area (Å²) in [5, 5.41) is 13.8. The molecule has 0 fully saturated rings. The lowest BCUT2D eigenvalue weighted by Crippen LogP contribution is -2.41. The lowest BCUT2D eigenvalue weighted by atomic mass is 9.98. The molecule has 0 spiro atoms. The number of aromatic nitrogens is 3. The minimum atomic E-state index is -0.244. The molecule has 9 nitrogen and oxygen atoms in total. The van der Waals surface area contributed by atoms with E-state index in [0.29, 0.717) is 35.3 Å². The van der Waals surface area contributed by atoms with Gasteiger partial charge in [0.05, 0.1) is 12.3 Å². The molecule has 0 unspecified atom stereocenters. The number of carbonyl (C=O) groups is 1. The van der Waals surface area contributed by atoms with Gasteiger partial charge in [0.15, 0.2) is 0 Å². The molecule has 0 atom stereocenters. The van der Waals surface area contributed by atoms with Crippen LogP contribution in [0.25, 0.3) is 11.1 Å². The van der Waals surface area contributed by atoms with E-state index in [0.717, 1.165) is 48.3 Å². The van der Waals surface area contributed by atoms with Gasteiger partial charge in [-0.05, 0) is 87.5 Å². The van der Waals surface area contributed by atoms with Gasteiger partial charge in [-0.25, -0.2) is 4.98 Å². The molecule has 2 aliphatic rings. The summed E-state index contributed by atoms with van der Waals surface area (Å²) in [6.07, 6.45) is 7.97. The third kappa shape index (κ3) is 5.50. The maximum absolute atomic E-state index is 13.8. The fourth-order valence-corrected chi connectivity index (χ4v) is 6.28. The molecule has 1 aliphatic heterocycles. The van der Waals surface area contributed by atoms with Gasteiger partial charge in [-0.3, -0.25) is 14.5 Å². The first kappa shape index (κ1) is 28.9. The number of pyridine rings is 2. The molecule has 224 valence electrons. The van der Waals surface area contributed by atoms with Crippen molar-refractivity contribution in [3.63, 3.8) is 0 Å². The van der Waals surface area contributed by atoms with E-state index in [2.05, 4.69) is 46.7 Å². The highest BCUT2D eigenvalue weighted by Gasteiger charge is 2.31. The van der Waals surface area contributed by atoms with E-state index in [9.17, 15) is 14.7 Å². The van der Waals surface area contributed by atoms with Crippen LogP contribution in [0.15, 0.2) is 59.7 Å². The fraction of sp³-hybridized carbons (Fsp3) is 0.382. The minimum absolute atomic E-state index is 0.0376. The first-order valence-electron chi connectivity index (χ1n) is 15.1. The molecule has 0 saturated carbocycles. The second-order valence-electron chi connectivity index (χ2n) is 12.0. The lowest BCUT2D eigenvalue weighted by Gasteiger charge is -2.31. The van der Waals surface area contributed by atoms with Crippen molar-refractivity contribution >= 4 is 23.1 Å². The summed E-state index contributed by atoms with van der Waals surface area (Å²) in [6.45, 7) is 6.12. The predicted octanol–water partition coefficient (Wildman–Crippen LogP) is 4.86. The Morgan fingerprint density at radius 2 is 1.88 bits per heavy atom. The van der Waals surface area contributed by atoms with E-state index in [1.165, 1.54) is 28.7 Å². The van der Waals surface area contributed by atoms with Crippen LogP contribution in [0.2, 0.25) is 0 Å². The number of aliphatic hydroxyl groups excluding tert-OH is 1. The molecule has 0 radical (unpaired) electrons. The number of hydrogen-bond donors (Lipinski definition) is 2. The van der Waals surface area contributed by atoms with Gasteiger partial charge in [0.2, 0.25) is 0 Å². The van der Waals surface area contributed by atoms with Crippen molar-refractivity contribution in [2.75, 3.05) is 23.8 Å². The van der Waals surface area contributed by atoms with Crippen molar-refractivity contribution in [3.8, 4) is 11.1 Å². The van der Waals surface area contributed by atoms with Gasteiger partial charge < -0.3 is 24.5 Å². The first-order chi connectivity index (χ1) is 20.7. The second kappa shape index (κ2) is 11.8. The number of nitrogens with one attached hydrogen (secondary N) is 1. The molecule has 1 aromatic carbocycles. The molecule has 6 rings (SSSR count). The van der Waals surface area contributed by atoms with Crippen LogP contribution in [-0.4, -0.2) is 49.7 Å². The fourth-order valence-electron chi connectivity index (χ4n) is 6.28. The number of amides is 1. The van der Waals surface area contributed by atoms with E-state index in [-0.39, 0.29) is 18.1 Å². The molecule has 4 heterocycles. The normalized spacial score (nSPS) is 14.8. The Bertz CT molecular complexity index is 1720. The van der Waals surface area contributed by atoms with Gasteiger partial charge in [0, 0.05) is 61.9 Å². The smallest absolute Gasteiger partial charge is 0.274 e. The highest BCUT2D eigenvalue weighted by Crippen LogP contribution is 2.35. The molecular formula is C34H40N6O3. The predicted molar refractivity (Wildman–Crippen MR) is 170 cm³/mol. The van der Waals surface area contributed by atoms with Gasteiger partial charge in [-0.15, -0.1) is 0 Å². The number of carbonyl (C=O) groups excluding carboxylic acids is 1. The SMILES string of the molecule is CC(C)N(C)Cc1ccc(Nc2cc(-c3cccc(N4CCn5c(cc6c5CCCC6)C4=O)c3CO)cn(C)c2=O)nc1. The topological polar surface area (TPSA) is 95.6 Å². The van der Waals surface area contributed by atoms with Crippen molar-refractivity contribution in [2.45, 2.75) is 65.3 Å². The zero-order valence-electron chi connectivity index (χ0n) is 25.4. The number of aliphatic hydroxyl groups is 1. The van der Waals surface area contributed by atoms with Gasteiger partial charge >= 0.3 is 0 Å². The minimum Gasteiger partial charge on any atom is -0.392 e. The molecule has 4 aromatic rings. The van der Waals surface area contributed by atoms with Crippen LogP contribution < -0.4 is 15.8 Å². The molecule has 1 amide bonds. The number of benzene rings is 1. The van der Waals surface area contributed by atoms with E-state index in [1.807, 2.05) is 36.5 Å². The number of nitrogens with zero attached hydrogens (tertiary/aromatic N) is 5. The number of rotatable bonds is 8. The molecule has 43 heavy (non-hydrogen) atoms. The Labute approximate surface area is 252 Å². The second-order valence-corrected chi connectivity index (χ2v) is 12.0. The van der Waals surface area contributed by atoms with Crippen molar-refractivity contribution in [3.05, 3.63) is 93.3 Å². The Balaban J connectivity index is 1.31. The average Bonchev–Trinajstić information content (AvgIpc) is 3.40. The quantitative estimate of drug-likeness (QED) is 0.309. The molecular weight excluding hydrogens is 540 g/mol. The zero-order chi connectivity index (χ0) is 30.2. The van der Waals surface area contributed by atoms with Crippen molar-refractivity contribution < 1.29 is 9.90 Å². The first-order valence-corrected chi connectivity index (χ1v) is 15.1. The summed E-state index contributed by atoms with van der Waals surface area (Å²) in [7, 11) is 3.79. The molecule has 0 saturated heterocycles. The van der Waals surface area contributed by atoms with Crippen molar-refractivity contribution in [1.29, 1.82) is 0 Å². The summed E-state index contributed by atoms with van der Waals surface area (Å²) < 4.78 is 3.73. The summed E-state index contributed by atoms with van der Waals surface area (Å²) in [4.78, 5) is 35.5. The Morgan fingerprint density at radius 1 is 1.07 bits per heavy atom. The van der Waals surface area contributed by atoms with E-state index < -0.39 is 0 Å². The van der Waals surface area contributed by atoms with E-state index in [4.69, 9.17) is 0 Å². The molecule has 0 bridgehead atoms. The largest absolute Gasteiger partial charge is 0.392 e. The Morgan fingerprint density at radius 3 is 2.63 bits per heavy atom. The Hall–Kier alpha value is -4.21. The maximum Gasteiger partial charge on any atom is 0.274 e. The van der Waals surface area contributed by atoms with Gasteiger partial charge in [-0.2, -0.15) is 0 Å². The van der Waals surface area contributed by atoms with Gasteiger partial charge in [0.25, 0.3) is 11.5 Å². The number of fused-ring (bicyclic) bond motifs is 3. The maximum atomic E-state index is 13.8. The summed E-state index contributed by atoms with van der Waals surface area (Å²) >= 11 is 0. The van der Waals surface area contributed by atoms with Crippen LogP contribution in [-0.2, 0) is 39.6 Å². The van der Waals surface area contributed by atoms with E-state index >= 15 is 0 Å². The van der Waals surface area contributed by atoms with Crippen LogP contribution in [0.4, 0.5) is 17.2 Å². The molecule has 3 aromatic heterocycles. The third-order valence-electron chi connectivity index (χ3n) is 8.91. The summed E-state index contributed by atoms with van der Waals surface area (Å²) in [6, 6.07) is 13.9. The molecule has 9 heteroatoms. The van der Waals surface area contributed by atoms with Crippen molar-refractivity contribution in [1.82, 2.24) is 19.0 Å². The van der Waals surface area contributed by atoms with Crippen LogP contribution >= 0.6 is 0 Å². The lowest BCUT2D eigenvalue weighted by molar-refractivity contribution is 0.0964. The molecule has 2 N–H and O–H groups in total. The standard InChI is InChI=1S/C34H40N6O3/c1-22(2)37(3)19-23-12-13-32(35-18-23)36-28-16-25(20-38(4)33(28)42)26-9-7-11-30(27(26)21-41)40-15-14-39-29-10-6-5-8-24(29)17-31(39)34(40)43/h7,9,11-13,16-18,20,22,41H,5-6,8,10,14-15,19,21H2,1-4H3,(H,35,36). The monoisotopic (exact) mass is 580 g/mol.